The lowest BCUT2D eigenvalue weighted by Gasteiger charge is -1.93. The summed E-state index contributed by atoms with van der Waals surface area (Å²) in [5, 5.41) is 3.38. The van der Waals surface area contributed by atoms with E-state index in [1.165, 1.54) is 0 Å². The zero-order chi connectivity index (χ0) is 9.52. The Kier molecular flexibility index (Phi) is 3.96. The van der Waals surface area contributed by atoms with Crippen molar-refractivity contribution in [1.29, 1.82) is 0 Å². The molecule has 0 aliphatic carbocycles. The minimum Gasteiger partial charge on any atom is -0.143 e. The lowest BCUT2D eigenvalue weighted by atomic mass is 10.2. The Hall–Kier alpha value is -1.38. The van der Waals surface area contributed by atoms with Gasteiger partial charge < -0.3 is 0 Å². The molecule has 0 aliphatic rings. The fourth-order valence-electron chi connectivity index (χ4n) is 0.901. The highest BCUT2D eigenvalue weighted by atomic mass is 32.1. The standard InChI is InChI=1S/C9H9N3S/c10-12-11-6-2-4-8-3-1-5-9(13)7-8/h1-5,7,13H,6H2. The molecule has 0 fully saturated rings. The van der Waals surface area contributed by atoms with Gasteiger partial charge in [0.15, 0.2) is 0 Å². The second-order valence-corrected chi connectivity index (χ2v) is 2.93. The van der Waals surface area contributed by atoms with E-state index in [2.05, 4.69) is 22.7 Å². The van der Waals surface area contributed by atoms with E-state index in [0.29, 0.717) is 6.54 Å². The van der Waals surface area contributed by atoms with Gasteiger partial charge in [0.25, 0.3) is 0 Å². The van der Waals surface area contributed by atoms with E-state index < -0.39 is 0 Å². The summed E-state index contributed by atoms with van der Waals surface area (Å²) in [4.78, 5) is 3.57. The van der Waals surface area contributed by atoms with E-state index in [-0.39, 0.29) is 0 Å². The van der Waals surface area contributed by atoms with Gasteiger partial charge in [0.2, 0.25) is 0 Å². The maximum absolute atomic E-state index is 8.02. The van der Waals surface area contributed by atoms with Gasteiger partial charge in [-0.3, -0.25) is 0 Å². The summed E-state index contributed by atoms with van der Waals surface area (Å²) in [6.45, 7) is 0.382. The van der Waals surface area contributed by atoms with Crippen molar-refractivity contribution in [1.82, 2.24) is 0 Å². The summed E-state index contributed by atoms with van der Waals surface area (Å²) in [6, 6.07) is 7.74. The van der Waals surface area contributed by atoms with Crippen LogP contribution in [0.1, 0.15) is 5.56 Å². The molecule has 13 heavy (non-hydrogen) atoms. The average Bonchev–Trinajstić information content (AvgIpc) is 2.13. The molecule has 0 aliphatic heterocycles. The Morgan fingerprint density at radius 1 is 1.54 bits per heavy atom. The zero-order valence-corrected chi connectivity index (χ0v) is 7.85. The Balaban J connectivity index is 2.63. The first kappa shape index (κ1) is 9.71. The first-order valence-electron chi connectivity index (χ1n) is 3.79. The maximum Gasteiger partial charge on any atom is 0.0443 e. The number of nitrogens with zero attached hydrogens (tertiary/aromatic N) is 3. The van der Waals surface area contributed by atoms with Gasteiger partial charge in [0.1, 0.15) is 0 Å². The summed E-state index contributed by atoms with van der Waals surface area (Å²) >= 11 is 4.20. The van der Waals surface area contributed by atoms with Crippen LogP contribution >= 0.6 is 12.6 Å². The third-order valence-electron chi connectivity index (χ3n) is 1.43. The number of rotatable bonds is 3. The first-order chi connectivity index (χ1) is 6.33. The second kappa shape index (κ2) is 5.30. The van der Waals surface area contributed by atoms with Crippen molar-refractivity contribution < 1.29 is 0 Å². The van der Waals surface area contributed by atoms with Crippen LogP contribution in [0, 0.1) is 0 Å². The summed E-state index contributed by atoms with van der Waals surface area (Å²) in [7, 11) is 0. The molecular weight excluding hydrogens is 182 g/mol. The van der Waals surface area contributed by atoms with Gasteiger partial charge in [-0.15, -0.1) is 12.6 Å². The molecule has 0 aromatic heterocycles. The smallest absolute Gasteiger partial charge is 0.0443 e. The minimum absolute atomic E-state index is 0.382. The van der Waals surface area contributed by atoms with E-state index in [4.69, 9.17) is 5.53 Å². The molecule has 4 heteroatoms. The number of azide groups is 1. The minimum atomic E-state index is 0.382. The van der Waals surface area contributed by atoms with Crippen molar-refractivity contribution >= 4 is 18.7 Å². The summed E-state index contributed by atoms with van der Waals surface area (Å²) in [6.07, 6.45) is 3.71. The van der Waals surface area contributed by atoms with E-state index in [1.54, 1.807) is 0 Å². The van der Waals surface area contributed by atoms with Crippen LogP contribution in [0.5, 0.6) is 0 Å². The Bertz CT molecular complexity index is 354. The van der Waals surface area contributed by atoms with Crippen molar-refractivity contribution in [2.24, 2.45) is 5.11 Å². The van der Waals surface area contributed by atoms with Gasteiger partial charge in [-0.25, -0.2) is 0 Å². The molecule has 1 rings (SSSR count). The average molecular weight is 191 g/mol. The van der Waals surface area contributed by atoms with Crippen LogP contribution < -0.4 is 0 Å². The van der Waals surface area contributed by atoms with Crippen molar-refractivity contribution in [3.8, 4) is 0 Å². The Labute approximate surface area is 82.1 Å². The predicted octanol–water partition coefficient (Wildman–Crippen LogP) is 3.30. The van der Waals surface area contributed by atoms with E-state index in [9.17, 15) is 0 Å². The van der Waals surface area contributed by atoms with Gasteiger partial charge in [-0.05, 0) is 23.2 Å². The SMILES string of the molecule is [N-]=[N+]=NCC=Cc1cccc(S)c1. The number of thiol groups is 1. The predicted molar refractivity (Wildman–Crippen MR) is 56.7 cm³/mol. The molecule has 3 nitrogen and oxygen atoms in total. The molecule has 0 bridgehead atoms. The molecule has 0 amide bonds. The fourth-order valence-corrected chi connectivity index (χ4v) is 1.14. The monoisotopic (exact) mass is 191 g/mol. The van der Waals surface area contributed by atoms with Gasteiger partial charge in [0, 0.05) is 16.4 Å². The maximum atomic E-state index is 8.02. The topological polar surface area (TPSA) is 48.8 Å². The molecule has 0 heterocycles. The van der Waals surface area contributed by atoms with E-state index in [1.807, 2.05) is 36.4 Å². The first-order valence-corrected chi connectivity index (χ1v) is 4.24. The third-order valence-corrected chi connectivity index (χ3v) is 1.71. The fraction of sp³-hybridized carbons (Fsp3) is 0.111. The molecule has 1 aromatic rings. The van der Waals surface area contributed by atoms with Gasteiger partial charge in [-0.2, -0.15) is 0 Å². The molecule has 66 valence electrons. The van der Waals surface area contributed by atoms with Crippen molar-refractivity contribution in [3.63, 3.8) is 0 Å². The van der Waals surface area contributed by atoms with Crippen LogP contribution in [-0.2, 0) is 0 Å². The number of hydrogen-bond acceptors (Lipinski definition) is 2. The van der Waals surface area contributed by atoms with Crippen molar-refractivity contribution in [3.05, 3.63) is 46.3 Å². The summed E-state index contributed by atoms with van der Waals surface area (Å²) in [5.41, 5.74) is 9.08. The lowest BCUT2D eigenvalue weighted by Crippen LogP contribution is -1.73. The number of benzene rings is 1. The molecule has 1 aromatic carbocycles. The normalized spacial score (nSPS) is 9.92. The quantitative estimate of drug-likeness (QED) is 0.330. The molecular formula is C9H9N3S. The van der Waals surface area contributed by atoms with Crippen LogP contribution in [-0.4, -0.2) is 6.54 Å². The second-order valence-electron chi connectivity index (χ2n) is 2.41. The van der Waals surface area contributed by atoms with Crippen LogP contribution in [0.2, 0.25) is 0 Å². The highest BCUT2D eigenvalue weighted by Gasteiger charge is 1.86. The molecule has 0 saturated heterocycles. The molecule has 0 spiro atoms. The van der Waals surface area contributed by atoms with Crippen molar-refractivity contribution in [2.45, 2.75) is 4.90 Å². The van der Waals surface area contributed by atoms with Crippen LogP contribution in [0.3, 0.4) is 0 Å². The lowest BCUT2D eigenvalue weighted by molar-refractivity contribution is 1.22. The van der Waals surface area contributed by atoms with Crippen LogP contribution in [0.4, 0.5) is 0 Å². The Morgan fingerprint density at radius 2 is 2.38 bits per heavy atom. The molecule has 0 radical (unpaired) electrons. The molecule has 0 saturated carbocycles. The van der Waals surface area contributed by atoms with Gasteiger partial charge in [0.05, 0.1) is 0 Å². The molecule has 0 unspecified atom stereocenters. The highest BCUT2D eigenvalue weighted by molar-refractivity contribution is 7.80. The number of hydrogen-bond donors (Lipinski definition) is 1. The third kappa shape index (κ3) is 3.69. The summed E-state index contributed by atoms with van der Waals surface area (Å²) < 4.78 is 0. The Morgan fingerprint density at radius 3 is 3.08 bits per heavy atom. The van der Waals surface area contributed by atoms with E-state index in [0.717, 1.165) is 10.5 Å². The largest absolute Gasteiger partial charge is 0.143 e. The summed E-state index contributed by atoms with van der Waals surface area (Å²) in [5.74, 6) is 0. The molecule has 0 N–H and O–H groups in total. The van der Waals surface area contributed by atoms with Gasteiger partial charge >= 0.3 is 0 Å². The molecule has 0 atom stereocenters. The van der Waals surface area contributed by atoms with E-state index >= 15 is 0 Å². The van der Waals surface area contributed by atoms with Crippen molar-refractivity contribution in [2.75, 3.05) is 6.54 Å². The highest BCUT2D eigenvalue weighted by Crippen LogP contribution is 2.09. The van der Waals surface area contributed by atoms with Crippen LogP contribution in [0.25, 0.3) is 16.5 Å². The zero-order valence-electron chi connectivity index (χ0n) is 6.96. The van der Waals surface area contributed by atoms with Crippen LogP contribution in [0.15, 0.2) is 40.4 Å². The van der Waals surface area contributed by atoms with Gasteiger partial charge in [-0.1, -0.05) is 29.4 Å².